The van der Waals surface area contributed by atoms with Gasteiger partial charge in [-0.25, -0.2) is 12.7 Å². The lowest BCUT2D eigenvalue weighted by atomic mass is 10.1. The van der Waals surface area contributed by atoms with E-state index in [9.17, 15) is 8.42 Å². The van der Waals surface area contributed by atoms with Crippen LogP contribution in [0.3, 0.4) is 0 Å². The summed E-state index contributed by atoms with van der Waals surface area (Å²) in [5.41, 5.74) is 1.33. The summed E-state index contributed by atoms with van der Waals surface area (Å²) in [6, 6.07) is 0.309. The maximum atomic E-state index is 11.3. The minimum absolute atomic E-state index is 0.309. The third kappa shape index (κ3) is 4.59. The maximum Gasteiger partial charge on any atom is 0.211 e. The summed E-state index contributed by atoms with van der Waals surface area (Å²) >= 11 is 11.2. The Morgan fingerprint density at radius 2 is 2.06 bits per heavy atom. The van der Waals surface area contributed by atoms with Crippen LogP contribution < -0.4 is 5.32 Å². The average Bonchev–Trinajstić information content (AvgIpc) is 2.25. The highest BCUT2D eigenvalue weighted by atomic mass is 35.5. The van der Waals surface area contributed by atoms with E-state index in [4.69, 9.17) is 23.2 Å². The topological polar surface area (TPSA) is 49.4 Å². The van der Waals surface area contributed by atoms with Crippen molar-refractivity contribution < 1.29 is 8.42 Å². The molecule has 0 saturated carbocycles. The van der Waals surface area contributed by atoms with Crippen molar-refractivity contribution in [1.82, 2.24) is 9.62 Å². The first-order valence-electron chi connectivity index (χ1n) is 5.06. The smallest absolute Gasteiger partial charge is 0.211 e. The molecule has 0 radical (unpaired) electrons. The molecule has 0 amide bonds. The Morgan fingerprint density at radius 1 is 1.50 bits per heavy atom. The minimum Gasteiger partial charge on any atom is -0.309 e. The molecule has 1 saturated heterocycles. The fourth-order valence-corrected chi connectivity index (χ4v) is 2.70. The van der Waals surface area contributed by atoms with Crippen LogP contribution in [0.5, 0.6) is 0 Å². The van der Waals surface area contributed by atoms with Gasteiger partial charge in [-0.1, -0.05) is 23.2 Å². The summed E-state index contributed by atoms with van der Waals surface area (Å²) in [4.78, 5) is 0. The Labute approximate surface area is 107 Å². The van der Waals surface area contributed by atoms with Crippen molar-refractivity contribution in [3.05, 3.63) is 10.6 Å². The first-order valence-corrected chi connectivity index (χ1v) is 7.73. The Balaban J connectivity index is 2.33. The number of piperidine rings is 1. The highest BCUT2D eigenvalue weighted by Crippen LogP contribution is 2.13. The molecule has 1 fully saturated rings. The standard InChI is InChI=1S/C9H16Cl2N2O2S/c1-16(14,15)13-4-2-9(3-5-13)12-7-8(11)6-10/h6,9,12H,2-5,7H2,1H3. The monoisotopic (exact) mass is 286 g/mol. The molecule has 1 aliphatic rings. The van der Waals surface area contributed by atoms with Gasteiger partial charge in [0.25, 0.3) is 0 Å². The Kier molecular flexibility index (Phi) is 5.53. The highest BCUT2D eigenvalue weighted by molar-refractivity contribution is 7.88. The van der Waals surface area contributed by atoms with Crippen LogP contribution in [0.4, 0.5) is 0 Å². The zero-order valence-electron chi connectivity index (χ0n) is 9.12. The van der Waals surface area contributed by atoms with E-state index in [1.807, 2.05) is 0 Å². The van der Waals surface area contributed by atoms with Crippen molar-refractivity contribution in [2.75, 3.05) is 25.9 Å². The van der Waals surface area contributed by atoms with Gasteiger partial charge in [-0.2, -0.15) is 0 Å². The molecule has 0 aromatic heterocycles. The van der Waals surface area contributed by atoms with Crippen LogP contribution in [0, 0.1) is 0 Å². The van der Waals surface area contributed by atoms with Crippen molar-refractivity contribution in [2.24, 2.45) is 0 Å². The second kappa shape index (κ2) is 6.21. The van der Waals surface area contributed by atoms with E-state index in [2.05, 4.69) is 5.32 Å². The maximum absolute atomic E-state index is 11.3. The number of sulfonamides is 1. The molecule has 1 N–H and O–H groups in total. The summed E-state index contributed by atoms with van der Waals surface area (Å²) in [6.45, 7) is 1.67. The lowest BCUT2D eigenvalue weighted by Gasteiger charge is -2.30. The first kappa shape index (κ1) is 14.3. The molecular weight excluding hydrogens is 271 g/mol. The van der Waals surface area contributed by atoms with E-state index >= 15 is 0 Å². The molecule has 7 heteroatoms. The predicted octanol–water partition coefficient (Wildman–Crippen LogP) is 1.32. The van der Waals surface area contributed by atoms with E-state index in [-0.39, 0.29) is 0 Å². The molecule has 0 aliphatic carbocycles. The SMILES string of the molecule is CS(=O)(=O)N1CCC(NCC(Cl)=CCl)CC1. The lowest BCUT2D eigenvalue weighted by Crippen LogP contribution is -2.44. The third-order valence-corrected chi connectivity index (χ3v) is 4.52. The summed E-state index contributed by atoms with van der Waals surface area (Å²) in [5.74, 6) is 0. The van der Waals surface area contributed by atoms with Crippen molar-refractivity contribution >= 4 is 33.2 Å². The number of nitrogens with zero attached hydrogens (tertiary/aromatic N) is 1. The van der Waals surface area contributed by atoms with Crippen molar-refractivity contribution in [3.8, 4) is 0 Å². The van der Waals surface area contributed by atoms with Gasteiger partial charge in [0.15, 0.2) is 0 Å². The van der Waals surface area contributed by atoms with Crippen molar-refractivity contribution in [3.63, 3.8) is 0 Å². The summed E-state index contributed by atoms with van der Waals surface area (Å²) in [6.07, 6.45) is 2.85. The Bertz CT molecular complexity index is 349. The zero-order chi connectivity index (χ0) is 12.2. The minimum atomic E-state index is -3.04. The quantitative estimate of drug-likeness (QED) is 0.848. The Hall–Kier alpha value is 0.190. The summed E-state index contributed by atoms with van der Waals surface area (Å²) in [5, 5.41) is 3.80. The van der Waals surface area contributed by atoms with Gasteiger partial charge in [-0.05, 0) is 12.8 Å². The summed E-state index contributed by atoms with van der Waals surface area (Å²) < 4.78 is 24.0. The van der Waals surface area contributed by atoms with E-state index in [0.29, 0.717) is 30.7 Å². The third-order valence-electron chi connectivity index (χ3n) is 2.60. The number of halogens is 2. The molecule has 0 aromatic rings. The van der Waals surface area contributed by atoms with E-state index in [0.717, 1.165) is 12.8 Å². The molecule has 1 heterocycles. The molecule has 0 atom stereocenters. The molecule has 0 bridgehead atoms. The van der Waals surface area contributed by atoms with Gasteiger partial charge < -0.3 is 5.32 Å². The van der Waals surface area contributed by atoms with Crippen LogP contribution in [0.1, 0.15) is 12.8 Å². The lowest BCUT2D eigenvalue weighted by molar-refractivity contribution is 0.295. The van der Waals surface area contributed by atoms with Gasteiger partial charge in [-0.3, -0.25) is 0 Å². The van der Waals surface area contributed by atoms with E-state index in [1.54, 1.807) is 0 Å². The largest absolute Gasteiger partial charge is 0.309 e. The van der Waals surface area contributed by atoms with Crippen LogP contribution in [-0.2, 0) is 10.0 Å². The van der Waals surface area contributed by atoms with E-state index in [1.165, 1.54) is 16.1 Å². The fraction of sp³-hybridized carbons (Fsp3) is 0.778. The van der Waals surface area contributed by atoms with E-state index < -0.39 is 10.0 Å². The molecule has 16 heavy (non-hydrogen) atoms. The molecule has 0 spiro atoms. The van der Waals surface area contributed by atoms with Gasteiger partial charge in [0.2, 0.25) is 10.0 Å². The Morgan fingerprint density at radius 3 is 2.50 bits per heavy atom. The van der Waals surface area contributed by atoms with Crippen LogP contribution >= 0.6 is 23.2 Å². The van der Waals surface area contributed by atoms with Crippen molar-refractivity contribution in [2.45, 2.75) is 18.9 Å². The van der Waals surface area contributed by atoms with Crippen molar-refractivity contribution in [1.29, 1.82) is 0 Å². The van der Waals surface area contributed by atoms with Gasteiger partial charge in [0.05, 0.1) is 6.26 Å². The molecule has 0 aromatic carbocycles. The number of nitrogens with one attached hydrogen (secondary N) is 1. The fourth-order valence-electron chi connectivity index (χ4n) is 1.67. The highest BCUT2D eigenvalue weighted by Gasteiger charge is 2.24. The number of hydrogen-bond acceptors (Lipinski definition) is 3. The van der Waals surface area contributed by atoms with Crippen LogP contribution in [0.2, 0.25) is 0 Å². The van der Waals surface area contributed by atoms with Crippen LogP contribution in [0.25, 0.3) is 0 Å². The van der Waals surface area contributed by atoms with Gasteiger partial charge in [-0.15, -0.1) is 0 Å². The normalized spacial score (nSPS) is 21.3. The zero-order valence-corrected chi connectivity index (χ0v) is 11.4. The number of hydrogen-bond donors (Lipinski definition) is 1. The van der Waals surface area contributed by atoms with Gasteiger partial charge in [0, 0.05) is 36.2 Å². The number of rotatable bonds is 4. The predicted molar refractivity (Wildman–Crippen MR) is 67.2 cm³/mol. The second-order valence-electron chi connectivity index (χ2n) is 3.87. The first-order chi connectivity index (χ1) is 7.43. The van der Waals surface area contributed by atoms with Crippen LogP contribution in [0.15, 0.2) is 10.6 Å². The van der Waals surface area contributed by atoms with Gasteiger partial charge >= 0.3 is 0 Å². The molecule has 1 aliphatic heterocycles. The average molecular weight is 287 g/mol. The molecule has 0 unspecified atom stereocenters. The molecule has 1 rings (SSSR count). The molecule has 4 nitrogen and oxygen atoms in total. The second-order valence-corrected chi connectivity index (χ2v) is 6.56. The van der Waals surface area contributed by atoms with Crippen LogP contribution in [-0.4, -0.2) is 44.7 Å². The molecule has 94 valence electrons. The van der Waals surface area contributed by atoms with Gasteiger partial charge in [0.1, 0.15) is 0 Å². The molecular formula is C9H16Cl2N2O2S. The summed E-state index contributed by atoms with van der Waals surface area (Å²) in [7, 11) is -3.04.